The fourth-order valence-electron chi connectivity index (χ4n) is 3.60. The number of amides is 3. The number of aromatic nitrogens is 1. The lowest BCUT2D eigenvalue weighted by molar-refractivity contribution is -0.137. The average molecular weight is 529 g/mol. The van der Waals surface area contributed by atoms with Crippen molar-refractivity contribution in [3.63, 3.8) is 0 Å². The summed E-state index contributed by atoms with van der Waals surface area (Å²) in [6, 6.07) is 15.4. The zero-order valence-corrected chi connectivity index (χ0v) is 20.3. The molecule has 0 atom stereocenters. The second kappa shape index (κ2) is 9.98. The van der Waals surface area contributed by atoms with Crippen LogP contribution in [0.1, 0.15) is 27.2 Å². The SMILES string of the molecule is Cc1ccc(NC(=O)c2cc3cc(Cl)ccc3n2NC(=O)C(=O)Nc2cccc(C(F)(F)F)c2)cc1C. The minimum Gasteiger partial charge on any atom is -0.321 e. The molecule has 1 heterocycles. The van der Waals surface area contributed by atoms with Gasteiger partial charge in [0.2, 0.25) is 0 Å². The Morgan fingerprint density at radius 2 is 1.54 bits per heavy atom. The molecular formula is C26H20ClF3N4O3. The van der Waals surface area contributed by atoms with E-state index in [1.54, 1.807) is 30.3 Å². The van der Waals surface area contributed by atoms with Crippen LogP contribution >= 0.6 is 11.6 Å². The van der Waals surface area contributed by atoms with Gasteiger partial charge in [-0.1, -0.05) is 23.7 Å². The van der Waals surface area contributed by atoms with Gasteiger partial charge in [0, 0.05) is 21.8 Å². The van der Waals surface area contributed by atoms with Crippen LogP contribution in [-0.4, -0.2) is 22.4 Å². The molecule has 0 bridgehead atoms. The lowest BCUT2D eigenvalue weighted by Gasteiger charge is -2.14. The molecule has 11 heteroatoms. The van der Waals surface area contributed by atoms with E-state index in [0.717, 1.165) is 27.9 Å². The minimum absolute atomic E-state index is 0.00397. The summed E-state index contributed by atoms with van der Waals surface area (Å²) >= 11 is 6.07. The van der Waals surface area contributed by atoms with Gasteiger partial charge in [-0.25, -0.2) is 4.68 Å². The average Bonchev–Trinajstić information content (AvgIpc) is 3.18. The molecule has 7 nitrogen and oxygen atoms in total. The highest BCUT2D eigenvalue weighted by atomic mass is 35.5. The first-order valence-electron chi connectivity index (χ1n) is 10.9. The molecule has 0 aliphatic carbocycles. The molecule has 190 valence electrons. The third-order valence-electron chi connectivity index (χ3n) is 5.63. The highest BCUT2D eigenvalue weighted by molar-refractivity contribution is 6.42. The number of carbonyl (C=O) groups excluding carboxylic acids is 3. The maximum atomic E-state index is 13.1. The highest BCUT2D eigenvalue weighted by Gasteiger charge is 2.30. The number of nitrogens with one attached hydrogen (secondary N) is 3. The van der Waals surface area contributed by atoms with Crippen LogP contribution in [-0.2, 0) is 15.8 Å². The molecule has 3 aromatic carbocycles. The Kier molecular flexibility index (Phi) is 6.95. The Labute approximate surface area is 214 Å². The van der Waals surface area contributed by atoms with Gasteiger partial charge in [0.1, 0.15) is 5.69 Å². The maximum Gasteiger partial charge on any atom is 0.416 e. The number of benzene rings is 3. The number of hydrogen-bond acceptors (Lipinski definition) is 3. The number of aryl methyl sites for hydroxylation is 2. The lowest BCUT2D eigenvalue weighted by Crippen LogP contribution is -2.36. The van der Waals surface area contributed by atoms with Crippen LogP contribution in [0, 0.1) is 13.8 Å². The van der Waals surface area contributed by atoms with Crippen LogP contribution in [0.15, 0.2) is 66.7 Å². The van der Waals surface area contributed by atoms with Crippen molar-refractivity contribution in [2.45, 2.75) is 20.0 Å². The van der Waals surface area contributed by atoms with Crippen molar-refractivity contribution in [3.05, 3.63) is 94.1 Å². The summed E-state index contributed by atoms with van der Waals surface area (Å²) in [6.07, 6.45) is -4.62. The van der Waals surface area contributed by atoms with E-state index in [0.29, 0.717) is 27.7 Å². The topological polar surface area (TPSA) is 92.2 Å². The molecule has 0 radical (unpaired) electrons. The first kappa shape index (κ1) is 25.8. The van der Waals surface area contributed by atoms with Crippen molar-refractivity contribution in [3.8, 4) is 0 Å². The van der Waals surface area contributed by atoms with Crippen LogP contribution in [0.5, 0.6) is 0 Å². The molecule has 0 saturated carbocycles. The van der Waals surface area contributed by atoms with Crippen LogP contribution in [0.2, 0.25) is 5.02 Å². The Hall–Kier alpha value is -4.31. The number of alkyl halides is 3. The normalized spacial score (nSPS) is 11.3. The number of fused-ring (bicyclic) bond motifs is 1. The lowest BCUT2D eigenvalue weighted by atomic mass is 10.1. The van der Waals surface area contributed by atoms with E-state index < -0.39 is 29.5 Å². The van der Waals surface area contributed by atoms with Gasteiger partial charge < -0.3 is 10.6 Å². The van der Waals surface area contributed by atoms with Crippen LogP contribution < -0.4 is 16.1 Å². The van der Waals surface area contributed by atoms with E-state index in [-0.39, 0.29) is 11.4 Å². The van der Waals surface area contributed by atoms with Gasteiger partial charge in [0.25, 0.3) is 5.91 Å². The van der Waals surface area contributed by atoms with Gasteiger partial charge in [0.15, 0.2) is 0 Å². The summed E-state index contributed by atoms with van der Waals surface area (Å²) in [7, 11) is 0. The number of halogens is 4. The first-order chi connectivity index (χ1) is 17.4. The van der Waals surface area contributed by atoms with Crippen molar-refractivity contribution in [2.24, 2.45) is 0 Å². The Bertz CT molecular complexity index is 1550. The molecule has 0 aliphatic rings. The molecule has 3 amide bonds. The van der Waals surface area contributed by atoms with E-state index in [2.05, 4.69) is 16.1 Å². The largest absolute Gasteiger partial charge is 0.416 e. The summed E-state index contributed by atoms with van der Waals surface area (Å²) in [5, 5.41) is 5.79. The molecule has 3 N–H and O–H groups in total. The fraction of sp³-hybridized carbons (Fsp3) is 0.115. The van der Waals surface area contributed by atoms with E-state index in [9.17, 15) is 27.6 Å². The summed E-state index contributed by atoms with van der Waals surface area (Å²) in [5.41, 5.74) is 4.04. The molecule has 0 unspecified atom stereocenters. The first-order valence-corrected chi connectivity index (χ1v) is 11.3. The third-order valence-corrected chi connectivity index (χ3v) is 5.86. The second-order valence-electron chi connectivity index (χ2n) is 8.29. The van der Waals surface area contributed by atoms with Crippen molar-refractivity contribution in [1.29, 1.82) is 0 Å². The van der Waals surface area contributed by atoms with E-state index in [4.69, 9.17) is 11.6 Å². The van der Waals surface area contributed by atoms with Crippen molar-refractivity contribution < 1.29 is 27.6 Å². The molecule has 0 saturated heterocycles. The maximum absolute atomic E-state index is 13.1. The van der Waals surface area contributed by atoms with Gasteiger partial charge in [-0.2, -0.15) is 13.2 Å². The standard InChI is InChI=1S/C26H20ClF3N4O3/c1-14-6-8-20(10-15(14)2)31-23(35)22-12-16-11-18(27)7-9-21(16)34(22)33-25(37)24(36)32-19-5-3-4-17(13-19)26(28,29)30/h3-13H,1-2H3,(H,31,35)(H,32,36)(H,33,37). The predicted octanol–water partition coefficient (Wildman–Crippen LogP) is 5.89. The van der Waals surface area contributed by atoms with Crippen molar-refractivity contribution in [1.82, 2.24) is 4.68 Å². The van der Waals surface area contributed by atoms with E-state index >= 15 is 0 Å². The number of anilines is 2. The van der Waals surface area contributed by atoms with Gasteiger partial charge in [-0.05, 0) is 79.6 Å². The summed E-state index contributed by atoms with van der Waals surface area (Å²) in [6.45, 7) is 3.83. The van der Waals surface area contributed by atoms with Crippen LogP contribution in [0.3, 0.4) is 0 Å². The molecule has 0 aliphatic heterocycles. The number of hydrogen-bond donors (Lipinski definition) is 3. The third kappa shape index (κ3) is 5.75. The number of nitrogens with zero attached hydrogens (tertiary/aromatic N) is 1. The van der Waals surface area contributed by atoms with Crippen LogP contribution in [0.25, 0.3) is 10.9 Å². The molecule has 37 heavy (non-hydrogen) atoms. The van der Waals surface area contributed by atoms with Gasteiger partial charge in [-0.3, -0.25) is 19.8 Å². The van der Waals surface area contributed by atoms with Gasteiger partial charge in [-0.15, -0.1) is 0 Å². The molecule has 0 spiro atoms. The monoisotopic (exact) mass is 528 g/mol. The smallest absolute Gasteiger partial charge is 0.321 e. The number of carbonyl (C=O) groups is 3. The summed E-state index contributed by atoms with van der Waals surface area (Å²) in [5.74, 6) is -3.00. The fourth-order valence-corrected chi connectivity index (χ4v) is 3.78. The van der Waals surface area contributed by atoms with Gasteiger partial charge in [0.05, 0.1) is 11.1 Å². The molecule has 4 aromatic rings. The van der Waals surface area contributed by atoms with E-state index in [1.165, 1.54) is 12.1 Å². The zero-order chi connectivity index (χ0) is 26.9. The predicted molar refractivity (Wildman–Crippen MR) is 135 cm³/mol. The Morgan fingerprint density at radius 1 is 0.811 bits per heavy atom. The number of rotatable bonds is 4. The summed E-state index contributed by atoms with van der Waals surface area (Å²) in [4.78, 5) is 38.3. The zero-order valence-electron chi connectivity index (χ0n) is 19.5. The van der Waals surface area contributed by atoms with E-state index in [1.807, 2.05) is 19.9 Å². The highest BCUT2D eigenvalue weighted by Crippen LogP contribution is 2.30. The Morgan fingerprint density at radius 3 is 2.24 bits per heavy atom. The Balaban J connectivity index is 1.61. The van der Waals surface area contributed by atoms with Crippen LogP contribution in [0.4, 0.5) is 24.5 Å². The second-order valence-corrected chi connectivity index (χ2v) is 8.73. The molecule has 4 rings (SSSR count). The molecule has 0 fully saturated rings. The van der Waals surface area contributed by atoms with Crippen molar-refractivity contribution >= 4 is 51.6 Å². The minimum atomic E-state index is -4.62. The molecule has 1 aromatic heterocycles. The molecular weight excluding hydrogens is 509 g/mol. The van der Waals surface area contributed by atoms with Crippen molar-refractivity contribution in [2.75, 3.05) is 16.1 Å². The summed E-state index contributed by atoms with van der Waals surface area (Å²) < 4.78 is 40.0. The van der Waals surface area contributed by atoms with Gasteiger partial charge >= 0.3 is 18.0 Å². The quantitative estimate of drug-likeness (QED) is 0.288.